The molecule has 0 aromatic heterocycles. The smallest absolute Gasteiger partial charge is 0.343 e. The first-order valence-electron chi connectivity index (χ1n) is 12.2. The molecule has 3 aromatic carbocycles. The lowest BCUT2D eigenvalue weighted by Gasteiger charge is -2.23. The maximum Gasteiger partial charge on any atom is 0.343 e. The zero-order valence-electron chi connectivity index (χ0n) is 21.5. The van der Waals surface area contributed by atoms with Gasteiger partial charge in [-0.25, -0.2) is 4.79 Å². The van der Waals surface area contributed by atoms with Crippen molar-refractivity contribution >= 4 is 29.8 Å². The number of carbonyl (C=O) groups is 3. The molecule has 0 fully saturated rings. The van der Waals surface area contributed by atoms with Crippen LogP contribution in [0.2, 0.25) is 0 Å². The second kappa shape index (κ2) is 13.5. The number of hydrogen-bond donors (Lipinski definition) is 2. The van der Waals surface area contributed by atoms with Gasteiger partial charge in [-0.2, -0.15) is 0 Å². The highest BCUT2D eigenvalue weighted by atomic mass is 16.5. The Morgan fingerprint density at radius 3 is 2.16 bits per heavy atom. The monoisotopic (exact) mass is 513 g/mol. The molecule has 38 heavy (non-hydrogen) atoms. The van der Waals surface area contributed by atoms with Crippen molar-refractivity contribution in [1.82, 2.24) is 4.90 Å². The van der Waals surface area contributed by atoms with Crippen LogP contribution in [0.5, 0.6) is 5.75 Å². The van der Waals surface area contributed by atoms with Gasteiger partial charge in [-0.05, 0) is 67.4 Å². The summed E-state index contributed by atoms with van der Waals surface area (Å²) in [6.07, 6.45) is 1.84. The Labute approximate surface area is 222 Å². The van der Waals surface area contributed by atoms with Gasteiger partial charge in [0.25, 0.3) is 0 Å². The Balaban J connectivity index is 1.68. The van der Waals surface area contributed by atoms with E-state index in [2.05, 4.69) is 0 Å². The molecule has 8 nitrogen and oxygen atoms in total. The molecular weight excluding hydrogens is 482 g/mol. The lowest BCUT2D eigenvalue weighted by molar-refractivity contribution is -0.144. The van der Waals surface area contributed by atoms with Gasteiger partial charge in [0.1, 0.15) is 11.6 Å². The van der Waals surface area contributed by atoms with Crippen LogP contribution in [0.25, 0.3) is 6.08 Å². The predicted octanol–water partition coefficient (Wildman–Crippen LogP) is 4.58. The van der Waals surface area contributed by atoms with E-state index in [0.717, 1.165) is 11.1 Å². The van der Waals surface area contributed by atoms with E-state index in [4.69, 9.17) is 20.6 Å². The Kier molecular flexibility index (Phi) is 9.93. The Morgan fingerprint density at radius 2 is 1.55 bits per heavy atom. The molecule has 3 N–H and O–H groups in total. The van der Waals surface area contributed by atoms with Crippen LogP contribution >= 0.6 is 0 Å². The van der Waals surface area contributed by atoms with Crippen molar-refractivity contribution in [1.29, 1.82) is 5.41 Å². The van der Waals surface area contributed by atoms with Gasteiger partial charge in [0.15, 0.2) is 0 Å². The maximum atomic E-state index is 13.3. The number of benzene rings is 3. The van der Waals surface area contributed by atoms with Crippen molar-refractivity contribution in [3.63, 3.8) is 0 Å². The molecule has 0 aliphatic rings. The molecule has 0 radical (unpaired) electrons. The molecule has 0 atom stereocenters. The van der Waals surface area contributed by atoms with Gasteiger partial charge in [0.2, 0.25) is 5.91 Å². The summed E-state index contributed by atoms with van der Waals surface area (Å²) in [5, 5.41) is 7.43. The number of carbonyl (C=O) groups excluding carboxylic acids is 3. The molecule has 0 aliphatic heterocycles. The summed E-state index contributed by atoms with van der Waals surface area (Å²) in [6, 6.07) is 22.6. The normalized spacial score (nSPS) is 10.9. The van der Waals surface area contributed by atoms with Crippen molar-refractivity contribution < 1.29 is 23.9 Å². The third kappa shape index (κ3) is 8.16. The summed E-state index contributed by atoms with van der Waals surface area (Å²) in [6.45, 7) is 4.35. The van der Waals surface area contributed by atoms with E-state index in [1.807, 2.05) is 30.3 Å². The molecule has 0 aliphatic carbocycles. The molecule has 0 saturated heterocycles. The summed E-state index contributed by atoms with van der Waals surface area (Å²) >= 11 is 0. The number of nitrogen functional groups attached to an aromatic ring is 1. The first-order chi connectivity index (χ1) is 18.3. The Bertz CT molecular complexity index is 1300. The van der Waals surface area contributed by atoms with Crippen LogP contribution in [0, 0.1) is 5.41 Å². The molecule has 0 spiro atoms. The fourth-order valence-corrected chi connectivity index (χ4v) is 3.66. The largest absolute Gasteiger partial charge is 0.466 e. The van der Waals surface area contributed by atoms with E-state index in [1.165, 1.54) is 0 Å². The summed E-state index contributed by atoms with van der Waals surface area (Å²) in [7, 11) is 0. The Hall–Kier alpha value is -4.72. The van der Waals surface area contributed by atoms with Crippen molar-refractivity contribution in [2.24, 2.45) is 5.73 Å². The standard InChI is InChI=1S/C30H31N3O5/c1-3-37-27(34)17-18-33(20-23-7-5-4-6-8-23)29(35)21(2)19-22-9-11-25(12-10-22)30(36)38-26-15-13-24(14-16-26)28(31)32/h4-16,19H,3,17-18,20H2,1-2H3,(H3,31,32)/b21-19+. The number of amides is 1. The summed E-state index contributed by atoms with van der Waals surface area (Å²) < 4.78 is 10.4. The van der Waals surface area contributed by atoms with E-state index < -0.39 is 5.97 Å². The van der Waals surface area contributed by atoms with Crippen molar-refractivity contribution in [3.05, 3.63) is 107 Å². The van der Waals surface area contributed by atoms with Crippen LogP contribution in [0.15, 0.2) is 84.4 Å². The van der Waals surface area contributed by atoms with Gasteiger partial charge in [0, 0.05) is 24.2 Å². The van der Waals surface area contributed by atoms with Crippen molar-refractivity contribution in [2.75, 3.05) is 13.2 Å². The van der Waals surface area contributed by atoms with Gasteiger partial charge in [-0.15, -0.1) is 0 Å². The molecule has 0 unspecified atom stereocenters. The molecule has 1 amide bonds. The third-order valence-corrected chi connectivity index (χ3v) is 5.64. The highest BCUT2D eigenvalue weighted by Crippen LogP contribution is 2.17. The van der Waals surface area contributed by atoms with Crippen molar-refractivity contribution in [2.45, 2.75) is 26.8 Å². The number of nitrogens with two attached hydrogens (primary N) is 1. The average molecular weight is 514 g/mol. The number of nitrogens with zero attached hydrogens (tertiary/aromatic N) is 1. The minimum atomic E-state index is -0.531. The van der Waals surface area contributed by atoms with Crippen LogP contribution in [-0.4, -0.2) is 41.7 Å². The highest BCUT2D eigenvalue weighted by Gasteiger charge is 2.18. The molecule has 3 rings (SSSR count). The minimum absolute atomic E-state index is 0.0671. The summed E-state index contributed by atoms with van der Waals surface area (Å²) in [4.78, 5) is 39.3. The molecule has 0 bridgehead atoms. The van der Waals surface area contributed by atoms with Crippen LogP contribution in [0.4, 0.5) is 0 Å². The topological polar surface area (TPSA) is 123 Å². The zero-order chi connectivity index (χ0) is 27.5. The molecular formula is C30H31N3O5. The van der Waals surface area contributed by atoms with Crippen LogP contribution in [0.3, 0.4) is 0 Å². The summed E-state index contributed by atoms with van der Waals surface area (Å²) in [5.41, 5.74) is 8.51. The molecule has 3 aromatic rings. The van der Waals surface area contributed by atoms with E-state index in [1.54, 1.807) is 73.4 Å². The number of ether oxygens (including phenoxy) is 2. The first kappa shape index (κ1) is 27.9. The van der Waals surface area contributed by atoms with E-state index >= 15 is 0 Å². The van der Waals surface area contributed by atoms with Gasteiger partial charge < -0.3 is 20.1 Å². The molecule has 8 heteroatoms. The van der Waals surface area contributed by atoms with Gasteiger partial charge >= 0.3 is 11.9 Å². The minimum Gasteiger partial charge on any atom is -0.466 e. The Morgan fingerprint density at radius 1 is 0.921 bits per heavy atom. The quantitative estimate of drug-likeness (QED) is 0.127. The molecule has 0 heterocycles. The predicted molar refractivity (Wildman–Crippen MR) is 146 cm³/mol. The second-order valence-electron chi connectivity index (χ2n) is 8.54. The van der Waals surface area contributed by atoms with E-state index in [0.29, 0.717) is 35.6 Å². The number of esters is 2. The van der Waals surface area contributed by atoms with Crippen LogP contribution < -0.4 is 10.5 Å². The number of rotatable bonds is 11. The second-order valence-corrected chi connectivity index (χ2v) is 8.54. The van der Waals surface area contributed by atoms with Gasteiger partial charge in [0.05, 0.1) is 18.6 Å². The first-order valence-corrected chi connectivity index (χ1v) is 12.2. The lowest BCUT2D eigenvalue weighted by Crippen LogP contribution is -2.33. The van der Waals surface area contributed by atoms with Crippen molar-refractivity contribution in [3.8, 4) is 5.75 Å². The third-order valence-electron chi connectivity index (χ3n) is 5.64. The van der Waals surface area contributed by atoms with Gasteiger partial charge in [-0.3, -0.25) is 15.0 Å². The van der Waals surface area contributed by atoms with E-state index in [9.17, 15) is 14.4 Å². The SMILES string of the molecule is CCOC(=O)CCN(Cc1ccccc1)C(=O)/C(C)=C/c1ccc(C(=O)Oc2ccc(C(=N)N)cc2)cc1. The summed E-state index contributed by atoms with van der Waals surface area (Å²) in [5.74, 6) is -0.806. The van der Waals surface area contributed by atoms with Gasteiger partial charge in [-0.1, -0.05) is 42.5 Å². The maximum absolute atomic E-state index is 13.3. The highest BCUT2D eigenvalue weighted by molar-refractivity contribution is 5.98. The zero-order valence-corrected chi connectivity index (χ0v) is 21.5. The number of amidine groups is 1. The van der Waals surface area contributed by atoms with E-state index in [-0.39, 0.29) is 30.7 Å². The lowest BCUT2D eigenvalue weighted by atomic mass is 10.1. The molecule has 196 valence electrons. The van der Waals surface area contributed by atoms with Crippen LogP contribution in [0.1, 0.15) is 47.3 Å². The molecule has 0 saturated carbocycles. The number of nitrogens with one attached hydrogen (secondary N) is 1. The van der Waals surface area contributed by atoms with Crippen LogP contribution in [-0.2, 0) is 20.9 Å². The average Bonchev–Trinajstić information content (AvgIpc) is 2.92. The number of hydrogen-bond acceptors (Lipinski definition) is 6. The fraction of sp³-hybridized carbons (Fsp3) is 0.200. The fourth-order valence-electron chi connectivity index (χ4n) is 3.66.